The topological polar surface area (TPSA) is 53.1 Å². The Morgan fingerprint density at radius 2 is 2.47 bits per heavy atom. The summed E-state index contributed by atoms with van der Waals surface area (Å²) in [4.78, 5) is 0. The number of aromatic nitrogens is 2. The number of hydrogen-bond donors (Lipinski definition) is 1. The highest BCUT2D eigenvalue weighted by atomic mass is 16.5. The summed E-state index contributed by atoms with van der Waals surface area (Å²) in [5.74, 6) is 0. The predicted octanol–water partition coefficient (Wildman–Crippen LogP) is 1.73. The van der Waals surface area contributed by atoms with E-state index in [0.717, 1.165) is 32.4 Å². The summed E-state index contributed by atoms with van der Waals surface area (Å²) < 4.78 is 7.70. The Bertz CT molecular complexity index is 331. The van der Waals surface area contributed by atoms with E-state index in [0.29, 0.717) is 6.10 Å². The van der Waals surface area contributed by atoms with Crippen LogP contribution in [0.1, 0.15) is 38.2 Å². The quantitative estimate of drug-likeness (QED) is 0.848. The third kappa shape index (κ3) is 3.82. The molecule has 0 saturated carbocycles. The summed E-state index contributed by atoms with van der Waals surface area (Å²) in [6, 6.07) is 0.249. The molecule has 2 rings (SSSR count). The lowest BCUT2D eigenvalue weighted by Crippen LogP contribution is -2.24. The van der Waals surface area contributed by atoms with Crippen LogP contribution in [0.15, 0.2) is 12.4 Å². The number of nitrogens with zero attached hydrogens (tertiary/aromatic N) is 2. The van der Waals surface area contributed by atoms with Crippen LogP contribution in [0.5, 0.6) is 0 Å². The number of nitrogens with two attached hydrogens (primary N) is 1. The van der Waals surface area contributed by atoms with Crippen molar-refractivity contribution in [3.05, 3.63) is 18.0 Å². The minimum Gasteiger partial charge on any atom is -0.376 e. The fourth-order valence-corrected chi connectivity index (χ4v) is 2.22. The van der Waals surface area contributed by atoms with Crippen molar-refractivity contribution in [1.82, 2.24) is 9.78 Å². The van der Waals surface area contributed by atoms with Crippen LogP contribution >= 0.6 is 0 Å². The fraction of sp³-hybridized carbons (Fsp3) is 0.769. The molecule has 0 radical (unpaired) electrons. The molecule has 0 amide bonds. The lowest BCUT2D eigenvalue weighted by Gasteiger charge is -2.22. The molecule has 2 unspecified atom stereocenters. The first-order valence-electron chi connectivity index (χ1n) is 6.66. The second kappa shape index (κ2) is 6.17. The van der Waals surface area contributed by atoms with E-state index in [1.807, 2.05) is 10.9 Å². The van der Waals surface area contributed by atoms with Gasteiger partial charge in [-0.15, -0.1) is 0 Å². The average molecular weight is 237 g/mol. The van der Waals surface area contributed by atoms with Crippen molar-refractivity contribution in [2.45, 2.75) is 57.7 Å². The third-order valence-electron chi connectivity index (χ3n) is 3.37. The maximum atomic E-state index is 5.94. The molecule has 1 aliphatic rings. The first kappa shape index (κ1) is 12.6. The van der Waals surface area contributed by atoms with E-state index in [4.69, 9.17) is 10.5 Å². The van der Waals surface area contributed by atoms with Gasteiger partial charge in [0.15, 0.2) is 0 Å². The molecule has 0 bridgehead atoms. The molecule has 0 aliphatic carbocycles. The molecule has 2 N–H and O–H groups in total. The summed E-state index contributed by atoms with van der Waals surface area (Å²) in [5.41, 5.74) is 7.17. The summed E-state index contributed by atoms with van der Waals surface area (Å²) in [6.07, 6.45) is 9.94. The Morgan fingerprint density at radius 3 is 3.18 bits per heavy atom. The zero-order valence-electron chi connectivity index (χ0n) is 10.6. The summed E-state index contributed by atoms with van der Waals surface area (Å²) in [5, 5.41) is 4.38. The van der Waals surface area contributed by atoms with Crippen LogP contribution in [0.4, 0.5) is 0 Å². The molecule has 96 valence electrons. The standard InChI is InChI=1S/C13H23N3O/c1-2-12(14)7-11-8-15-16(9-11)10-13-5-3-4-6-17-13/h8-9,12-13H,2-7,10,14H2,1H3. The molecule has 4 nitrogen and oxygen atoms in total. The van der Waals surface area contributed by atoms with Gasteiger partial charge in [-0.3, -0.25) is 4.68 Å². The molecule has 17 heavy (non-hydrogen) atoms. The Balaban J connectivity index is 1.84. The normalized spacial score (nSPS) is 22.6. The van der Waals surface area contributed by atoms with Crippen molar-refractivity contribution in [3.63, 3.8) is 0 Å². The van der Waals surface area contributed by atoms with Gasteiger partial charge in [0.2, 0.25) is 0 Å². The molecule has 4 heteroatoms. The van der Waals surface area contributed by atoms with Gasteiger partial charge in [0.1, 0.15) is 0 Å². The molecule has 1 aromatic heterocycles. The lowest BCUT2D eigenvalue weighted by molar-refractivity contribution is 0.00398. The second-order valence-electron chi connectivity index (χ2n) is 4.93. The van der Waals surface area contributed by atoms with Crippen molar-refractivity contribution in [2.75, 3.05) is 6.61 Å². The van der Waals surface area contributed by atoms with Crippen molar-refractivity contribution in [1.29, 1.82) is 0 Å². The maximum Gasteiger partial charge on any atom is 0.0770 e. The highest BCUT2D eigenvalue weighted by molar-refractivity contribution is 5.05. The van der Waals surface area contributed by atoms with E-state index in [1.54, 1.807) is 0 Å². The predicted molar refractivity (Wildman–Crippen MR) is 67.8 cm³/mol. The zero-order valence-corrected chi connectivity index (χ0v) is 10.6. The van der Waals surface area contributed by atoms with E-state index in [-0.39, 0.29) is 6.04 Å². The molecular formula is C13H23N3O. The van der Waals surface area contributed by atoms with Gasteiger partial charge >= 0.3 is 0 Å². The molecule has 2 atom stereocenters. The van der Waals surface area contributed by atoms with Gasteiger partial charge in [0, 0.05) is 18.8 Å². The SMILES string of the molecule is CCC(N)Cc1cnn(CC2CCCCO2)c1. The largest absolute Gasteiger partial charge is 0.376 e. The van der Waals surface area contributed by atoms with E-state index in [2.05, 4.69) is 18.2 Å². The van der Waals surface area contributed by atoms with Gasteiger partial charge in [0.25, 0.3) is 0 Å². The van der Waals surface area contributed by atoms with Crippen LogP contribution in [0.3, 0.4) is 0 Å². The van der Waals surface area contributed by atoms with Gasteiger partial charge < -0.3 is 10.5 Å². The van der Waals surface area contributed by atoms with Crippen molar-refractivity contribution in [3.8, 4) is 0 Å². The highest BCUT2D eigenvalue weighted by Crippen LogP contribution is 2.14. The second-order valence-corrected chi connectivity index (χ2v) is 4.93. The number of hydrogen-bond acceptors (Lipinski definition) is 3. The van der Waals surface area contributed by atoms with Crippen molar-refractivity contribution in [2.24, 2.45) is 5.73 Å². The third-order valence-corrected chi connectivity index (χ3v) is 3.37. The average Bonchev–Trinajstić information content (AvgIpc) is 2.77. The first-order chi connectivity index (χ1) is 8.28. The van der Waals surface area contributed by atoms with Gasteiger partial charge in [0.05, 0.1) is 18.8 Å². The monoisotopic (exact) mass is 237 g/mol. The smallest absolute Gasteiger partial charge is 0.0770 e. The molecule has 0 aromatic carbocycles. The highest BCUT2D eigenvalue weighted by Gasteiger charge is 2.15. The minimum absolute atomic E-state index is 0.249. The Labute approximate surface area is 103 Å². The lowest BCUT2D eigenvalue weighted by atomic mass is 10.1. The van der Waals surface area contributed by atoms with Crippen LogP contribution in [0, 0.1) is 0 Å². The Hall–Kier alpha value is -0.870. The van der Waals surface area contributed by atoms with Crippen LogP contribution in [0.25, 0.3) is 0 Å². The Kier molecular flexibility index (Phi) is 4.57. The van der Waals surface area contributed by atoms with Gasteiger partial charge in [-0.2, -0.15) is 5.10 Å². The van der Waals surface area contributed by atoms with E-state index >= 15 is 0 Å². The summed E-state index contributed by atoms with van der Waals surface area (Å²) in [7, 11) is 0. The van der Waals surface area contributed by atoms with Gasteiger partial charge in [-0.1, -0.05) is 6.92 Å². The molecule has 1 saturated heterocycles. The molecule has 2 heterocycles. The van der Waals surface area contributed by atoms with Crippen LogP contribution < -0.4 is 5.73 Å². The number of ether oxygens (including phenoxy) is 1. The number of rotatable bonds is 5. The van der Waals surface area contributed by atoms with E-state index in [1.165, 1.54) is 18.4 Å². The van der Waals surface area contributed by atoms with Gasteiger partial charge in [-0.05, 0) is 37.7 Å². The van der Waals surface area contributed by atoms with E-state index < -0.39 is 0 Å². The van der Waals surface area contributed by atoms with Crippen LogP contribution in [0.2, 0.25) is 0 Å². The zero-order chi connectivity index (χ0) is 12.1. The molecule has 1 aromatic rings. The summed E-state index contributed by atoms with van der Waals surface area (Å²) >= 11 is 0. The maximum absolute atomic E-state index is 5.94. The first-order valence-corrected chi connectivity index (χ1v) is 6.66. The molecule has 0 spiro atoms. The van der Waals surface area contributed by atoms with Crippen molar-refractivity contribution < 1.29 is 4.74 Å². The van der Waals surface area contributed by atoms with E-state index in [9.17, 15) is 0 Å². The van der Waals surface area contributed by atoms with Gasteiger partial charge in [-0.25, -0.2) is 0 Å². The molecular weight excluding hydrogens is 214 g/mol. The summed E-state index contributed by atoms with van der Waals surface area (Å²) in [6.45, 7) is 3.89. The fourth-order valence-electron chi connectivity index (χ4n) is 2.22. The minimum atomic E-state index is 0.249. The van der Waals surface area contributed by atoms with Crippen LogP contribution in [-0.2, 0) is 17.7 Å². The molecule has 1 fully saturated rings. The molecule has 1 aliphatic heterocycles. The Morgan fingerprint density at radius 1 is 1.59 bits per heavy atom. The van der Waals surface area contributed by atoms with Crippen molar-refractivity contribution >= 4 is 0 Å². The van der Waals surface area contributed by atoms with Crippen LogP contribution in [-0.4, -0.2) is 28.5 Å².